The van der Waals surface area contributed by atoms with E-state index >= 15 is 0 Å². The summed E-state index contributed by atoms with van der Waals surface area (Å²) >= 11 is 0. The highest BCUT2D eigenvalue weighted by Crippen LogP contribution is 2.42. The molecule has 0 amide bonds. The Bertz CT molecular complexity index is 671. The maximum Gasteiger partial charge on any atom is 0.417 e. The van der Waals surface area contributed by atoms with Crippen LogP contribution in [0.3, 0.4) is 0 Å². The number of rotatable bonds is 5. The Morgan fingerprint density at radius 1 is 1.08 bits per heavy atom. The normalized spacial score (nSPS) is 12.9. The molecular formula is C15H12F6O3. The molecule has 0 spiro atoms. The summed E-state index contributed by atoms with van der Waals surface area (Å²) in [6, 6.07) is 1.48. The maximum absolute atomic E-state index is 13.1. The van der Waals surface area contributed by atoms with Gasteiger partial charge in [0.2, 0.25) is 0 Å². The molecule has 1 rings (SSSR count). The Morgan fingerprint density at radius 2 is 1.67 bits per heavy atom. The van der Waals surface area contributed by atoms with Crippen LogP contribution in [0.1, 0.15) is 35.3 Å². The molecule has 0 fully saturated rings. The molecular weight excluding hydrogens is 342 g/mol. The van der Waals surface area contributed by atoms with Gasteiger partial charge in [-0.2, -0.15) is 26.3 Å². The Labute approximate surface area is 132 Å². The predicted octanol–water partition coefficient (Wildman–Crippen LogP) is 4.42. The second-order valence-corrected chi connectivity index (χ2v) is 4.60. The summed E-state index contributed by atoms with van der Waals surface area (Å²) in [6.45, 7) is 2.40. The fraction of sp³-hybridized carbons (Fsp3) is 0.333. The van der Waals surface area contributed by atoms with Crippen molar-refractivity contribution in [1.29, 1.82) is 0 Å². The van der Waals surface area contributed by atoms with Crippen molar-refractivity contribution in [3.05, 3.63) is 46.7 Å². The summed E-state index contributed by atoms with van der Waals surface area (Å²) in [7, 11) is 0. The van der Waals surface area contributed by atoms with Gasteiger partial charge in [0.1, 0.15) is 0 Å². The third kappa shape index (κ3) is 4.36. The first-order valence-electron chi connectivity index (χ1n) is 6.56. The highest BCUT2D eigenvalue weighted by atomic mass is 19.4. The topological polar surface area (TPSA) is 43.4 Å². The number of carbonyl (C=O) groups is 2. The van der Waals surface area contributed by atoms with E-state index < -0.39 is 46.2 Å². The van der Waals surface area contributed by atoms with Gasteiger partial charge in [-0.25, -0.2) is 0 Å². The number of benzene rings is 1. The second kappa shape index (κ2) is 7.06. The lowest BCUT2D eigenvalue weighted by molar-refractivity contribution is -0.162. The minimum atomic E-state index is -5.44. The molecule has 0 aromatic heterocycles. The molecule has 0 saturated heterocycles. The van der Waals surface area contributed by atoms with E-state index in [0.717, 1.165) is 6.92 Å². The monoisotopic (exact) mass is 354 g/mol. The third-order valence-electron chi connectivity index (χ3n) is 2.89. The Morgan fingerprint density at radius 3 is 2.08 bits per heavy atom. The zero-order valence-corrected chi connectivity index (χ0v) is 12.5. The van der Waals surface area contributed by atoms with Crippen LogP contribution in [0.4, 0.5) is 26.3 Å². The lowest BCUT2D eigenvalue weighted by Gasteiger charge is -2.18. The van der Waals surface area contributed by atoms with Crippen molar-refractivity contribution >= 4 is 11.6 Å². The Hall–Kier alpha value is -2.32. The lowest BCUT2D eigenvalue weighted by Crippen LogP contribution is -2.22. The third-order valence-corrected chi connectivity index (χ3v) is 2.89. The molecule has 3 nitrogen and oxygen atoms in total. The van der Waals surface area contributed by atoms with Crippen LogP contribution in [0.25, 0.3) is 0 Å². The van der Waals surface area contributed by atoms with Gasteiger partial charge in [-0.05, 0) is 19.9 Å². The number of hydrogen-bond acceptors (Lipinski definition) is 3. The van der Waals surface area contributed by atoms with Crippen molar-refractivity contribution in [2.24, 2.45) is 0 Å². The van der Waals surface area contributed by atoms with Crippen LogP contribution >= 0.6 is 0 Å². The van der Waals surface area contributed by atoms with Crippen LogP contribution in [0, 0.1) is 0 Å². The summed E-state index contributed by atoms with van der Waals surface area (Å²) in [5, 5.41) is 0. The number of allylic oxidation sites excluding steroid dienone is 1. The smallest absolute Gasteiger partial charge is 0.417 e. The molecule has 1 aromatic rings. The van der Waals surface area contributed by atoms with E-state index in [1.54, 1.807) is 0 Å². The largest absolute Gasteiger partial charge is 0.501 e. The van der Waals surface area contributed by atoms with Gasteiger partial charge in [0.25, 0.3) is 0 Å². The quantitative estimate of drug-likeness (QED) is 0.196. The molecule has 0 aliphatic carbocycles. The van der Waals surface area contributed by atoms with Gasteiger partial charge in [-0.1, -0.05) is 12.1 Å². The van der Waals surface area contributed by atoms with Crippen molar-refractivity contribution < 1.29 is 40.7 Å². The second-order valence-electron chi connectivity index (χ2n) is 4.60. The number of ketones is 2. The molecule has 0 heterocycles. The van der Waals surface area contributed by atoms with Gasteiger partial charge in [-0.3, -0.25) is 9.59 Å². The Kier molecular flexibility index (Phi) is 5.80. The molecule has 0 unspecified atom stereocenters. The van der Waals surface area contributed by atoms with Gasteiger partial charge < -0.3 is 4.74 Å². The van der Waals surface area contributed by atoms with Gasteiger partial charge >= 0.3 is 12.4 Å². The number of halogens is 6. The van der Waals surface area contributed by atoms with E-state index in [1.165, 1.54) is 6.92 Å². The summed E-state index contributed by atoms with van der Waals surface area (Å²) in [4.78, 5) is 23.6. The van der Waals surface area contributed by atoms with E-state index in [9.17, 15) is 35.9 Å². The average Bonchev–Trinajstić information content (AvgIpc) is 2.44. The van der Waals surface area contributed by atoms with E-state index in [4.69, 9.17) is 4.74 Å². The van der Waals surface area contributed by atoms with Gasteiger partial charge in [0, 0.05) is 5.56 Å². The van der Waals surface area contributed by atoms with Crippen molar-refractivity contribution in [1.82, 2.24) is 0 Å². The summed E-state index contributed by atoms with van der Waals surface area (Å²) in [5.41, 5.74) is -6.17. The van der Waals surface area contributed by atoms with E-state index in [1.807, 2.05) is 0 Å². The standard InChI is InChI=1S/C15H12F6O3/c1-3-24-7-10(8(2)22)13(23)9-5-4-6-11(14(16,17)18)12(9)15(19,20)21/h4-7H,3H2,1-2H3. The zero-order valence-electron chi connectivity index (χ0n) is 12.5. The van der Waals surface area contributed by atoms with Crippen LogP contribution in [-0.2, 0) is 21.9 Å². The van der Waals surface area contributed by atoms with Crippen LogP contribution in [0.5, 0.6) is 0 Å². The maximum atomic E-state index is 13.1. The van der Waals surface area contributed by atoms with Gasteiger partial charge in [0.05, 0.1) is 29.6 Å². The first-order valence-corrected chi connectivity index (χ1v) is 6.56. The van der Waals surface area contributed by atoms with E-state index in [2.05, 4.69) is 0 Å². The van der Waals surface area contributed by atoms with Crippen LogP contribution in [0.2, 0.25) is 0 Å². The Balaban J connectivity index is 3.65. The van der Waals surface area contributed by atoms with E-state index in [0.29, 0.717) is 18.4 Å². The minimum absolute atomic E-state index is 0.0127. The van der Waals surface area contributed by atoms with Crippen LogP contribution in [0.15, 0.2) is 30.0 Å². The molecule has 0 N–H and O–H groups in total. The predicted molar refractivity (Wildman–Crippen MR) is 71.2 cm³/mol. The van der Waals surface area contributed by atoms with Crippen LogP contribution in [-0.4, -0.2) is 18.2 Å². The number of alkyl halides is 6. The number of Topliss-reactive ketones (excluding diaryl/α,β-unsaturated/α-hetero) is 2. The minimum Gasteiger partial charge on any atom is -0.501 e. The van der Waals surface area contributed by atoms with Gasteiger partial charge in [-0.15, -0.1) is 0 Å². The van der Waals surface area contributed by atoms with Crippen molar-refractivity contribution in [2.75, 3.05) is 6.61 Å². The summed E-state index contributed by atoms with van der Waals surface area (Å²) in [6.07, 6.45) is -10.1. The molecule has 0 saturated carbocycles. The molecule has 132 valence electrons. The molecule has 0 bridgehead atoms. The van der Waals surface area contributed by atoms with Crippen LogP contribution < -0.4 is 0 Å². The lowest BCUT2D eigenvalue weighted by atomic mass is 9.93. The summed E-state index contributed by atoms with van der Waals surface area (Å²) in [5.74, 6) is -2.42. The molecule has 0 atom stereocenters. The highest BCUT2D eigenvalue weighted by molar-refractivity contribution is 6.26. The molecule has 0 aliphatic heterocycles. The number of carbonyl (C=O) groups excluding carboxylic acids is 2. The molecule has 0 radical (unpaired) electrons. The fourth-order valence-electron chi connectivity index (χ4n) is 1.89. The van der Waals surface area contributed by atoms with Crippen molar-refractivity contribution in [3.8, 4) is 0 Å². The van der Waals surface area contributed by atoms with Crippen molar-refractivity contribution in [2.45, 2.75) is 26.2 Å². The average molecular weight is 354 g/mol. The molecule has 1 aromatic carbocycles. The SMILES string of the molecule is CCOC=C(C(C)=O)C(=O)c1cccc(C(F)(F)F)c1C(F)(F)F. The molecule has 0 aliphatic rings. The molecule has 24 heavy (non-hydrogen) atoms. The molecule has 9 heteroatoms. The summed E-state index contributed by atoms with van der Waals surface area (Å²) < 4.78 is 82.7. The van der Waals surface area contributed by atoms with E-state index in [-0.39, 0.29) is 12.7 Å². The first kappa shape index (κ1) is 19.7. The zero-order chi connectivity index (χ0) is 18.7. The fourth-order valence-corrected chi connectivity index (χ4v) is 1.89. The van der Waals surface area contributed by atoms with Gasteiger partial charge in [0.15, 0.2) is 11.6 Å². The number of ether oxygens (including phenoxy) is 1. The first-order chi connectivity index (χ1) is 10.9. The number of hydrogen-bond donors (Lipinski definition) is 0. The highest BCUT2D eigenvalue weighted by Gasteiger charge is 2.46. The van der Waals surface area contributed by atoms with Crippen molar-refractivity contribution in [3.63, 3.8) is 0 Å².